The van der Waals surface area contributed by atoms with E-state index in [-0.39, 0.29) is 17.3 Å². The molecule has 0 saturated carbocycles. The van der Waals surface area contributed by atoms with Crippen molar-refractivity contribution in [3.05, 3.63) is 34.1 Å². The molecule has 0 bridgehead atoms. The molecule has 7 heteroatoms. The van der Waals surface area contributed by atoms with Gasteiger partial charge in [0.25, 0.3) is 5.91 Å². The zero-order chi connectivity index (χ0) is 14.3. The lowest BCUT2D eigenvalue weighted by Gasteiger charge is -2.05. The molecule has 1 aromatic rings. The van der Waals surface area contributed by atoms with Crippen LogP contribution in [-0.2, 0) is 0 Å². The number of nitrogens with one attached hydrogen (secondary N) is 1. The molecule has 0 aliphatic carbocycles. The van der Waals surface area contributed by atoms with Crippen LogP contribution < -0.4 is 11.1 Å². The summed E-state index contributed by atoms with van der Waals surface area (Å²) in [4.78, 5) is 11.7. The summed E-state index contributed by atoms with van der Waals surface area (Å²) in [5, 5.41) is 13.9. The molecule has 1 rings (SSSR count). The van der Waals surface area contributed by atoms with Crippen molar-refractivity contribution in [2.75, 3.05) is 6.54 Å². The summed E-state index contributed by atoms with van der Waals surface area (Å²) in [5.74, 6) is -0.629. The molecule has 0 aliphatic rings. The average Bonchev–Trinajstić information content (AvgIpc) is 2.40. The second kappa shape index (κ2) is 7.73. The van der Waals surface area contributed by atoms with Gasteiger partial charge in [-0.2, -0.15) is 0 Å². The van der Waals surface area contributed by atoms with Crippen LogP contribution in [0.15, 0.2) is 27.8 Å². The van der Waals surface area contributed by atoms with Gasteiger partial charge < -0.3 is 16.3 Å². The molecular formula is C12H15BrFN3O2. The Bertz CT molecular complexity index is 480. The van der Waals surface area contributed by atoms with Gasteiger partial charge in [0.15, 0.2) is 0 Å². The van der Waals surface area contributed by atoms with Gasteiger partial charge in [-0.05, 0) is 47.0 Å². The van der Waals surface area contributed by atoms with E-state index in [1.807, 2.05) is 0 Å². The van der Waals surface area contributed by atoms with Crippen LogP contribution >= 0.6 is 15.9 Å². The monoisotopic (exact) mass is 331 g/mol. The van der Waals surface area contributed by atoms with Crippen molar-refractivity contribution in [3.63, 3.8) is 0 Å². The molecule has 0 radical (unpaired) electrons. The first-order valence-electron chi connectivity index (χ1n) is 5.74. The van der Waals surface area contributed by atoms with Crippen molar-refractivity contribution < 1.29 is 14.4 Å². The standard InChI is InChI=1S/C12H15BrFN3O2/c13-9-5-4-8(7-10(9)14)12(18)16-6-2-1-3-11(15)17-19/h4-5,7,19H,1-3,6H2,(H2,15,17)(H,16,18). The SMILES string of the molecule is NC(CCCCNC(=O)c1ccc(Br)c(F)c1)=NO. The lowest BCUT2D eigenvalue weighted by atomic mass is 10.2. The number of nitrogens with two attached hydrogens (primary N) is 1. The van der Waals surface area contributed by atoms with Gasteiger partial charge in [-0.3, -0.25) is 4.79 Å². The fourth-order valence-corrected chi connectivity index (χ4v) is 1.67. The largest absolute Gasteiger partial charge is 0.409 e. The van der Waals surface area contributed by atoms with Gasteiger partial charge in [0.1, 0.15) is 11.7 Å². The number of oxime groups is 1. The van der Waals surface area contributed by atoms with Crippen molar-refractivity contribution in [1.82, 2.24) is 5.32 Å². The lowest BCUT2D eigenvalue weighted by molar-refractivity contribution is 0.0952. The van der Waals surface area contributed by atoms with Crippen molar-refractivity contribution in [1.29, 1.82) is 0 Å². The molecule has 0 fully saturated rings. The Balaban J connectivity index is 2.33. The van der Waals surface area contributed by atoms with E-state index in [0.29, 0.717) is 30.3 Å². The van der Waals surface area contributed by atoms with E-state index in [1.165, 1.54) is 12.1 Å². The van der Waals surface area contributed by atoms with E-state index in [1.54, 1.807) is 6.07 Å². The smallest absolute Gasteiger partial charge is 0.251 e. The van der Waals surface area contributed by atoms with Crippen LogP contribution in [0.2, 0.25) is 0 Å². The summed E-state index contributed by atoms with van der Waals surface area (Å²) in [7, 11) is 0. The van der Waals surface area contributed by atoms with Crippen LogP contribution in [0.1, 0.15) is 29.6 Å². The van der Waals surface area contributed by atoms with E-state index < -0.39 is 5.82 Å². The Hall–Kier alpha value is -1.63. The number of benzene rings is 1. The minimum Gasteiger partial charge on any atom is -0.409 e. The number of hydrogen-bond acceptors (Lipinski definition) is 3. The highest BCUT2D eigenvalue weighted by Crippen LogP contribution is 2.16. The zero-order valence-electron chi connectivity index (χ0n) is 10.2. The minimum absolute atomic E-state index is 0.168. The normalized spacial score (nSPS) is 11.4. The maximum atomic E-state index is 13.2. The molecular weight excluding hydrogens is 317 g/mol. The molecule has 0 unspecified atom stereocenters. The van der Waals surface area contributed by atoms with E-state index >= 15 is 0 Å². The Kier molecular flexibility index (Phi) is 6.27. The third-order valence-electron chi connectivity index (χ3n) is 2.46. The fraction of sp³-hybridized carbons (Fsp3) is 0.333. The van der Waals surface area contributed by atoms with Crippen LogP contribution in [0, 0.1) is 5.82 Å². The maximum Gasteiger partial charge on any atom is 0.251 e. The van der Waals surface area contributed by atoms with Gasteiger partial charge in [0.05, 0.1) is 4.47 Å². The molecule has 19 heavy (non-hydrogen) atoms. The summed E-state index contributed by atoms with van der Waals surface area (Å²) in [5.41, 5.74) is 5.58. The molecule has 0 atom stereocenters. The zero-order valence-corrected chi connectivity index (χ0v) is 11.8. The molecule has 4 N–H and O–H groups in total. The van der Waals surface area contributed by atoms with Crippen molar-refractivity contribution in [3.8, 4) is 0 Å². The highest BCUT2D eigenvalue weighted by atomic mass is 79.9. The minimum atomic E-state index is -0.473. The quantitative estimate of drug-likeness (QED) is 0.245. The van der Waals surface area contributed by atoms with Gasteiger partial charge in [-0.25, -0.2) is 4.39 Å². The second-order valence-electron chi connectivity index (χ2n) is 3.93. The number of hydrogen-bond donors (Lipinski definition) is 3. The molecule has 0 aliphatic heterocycles. The number of halogens is 2. The molecule has 1 amide bonds. The fourth-order valence-electron chi connectivity index (χ4n) is 1.42. The molecule has 104 valence electrons. The molecule has 0 aromatic heterocycles. The lowest BCUT2D eigenvalue weighted by Crippen LogP contribution is -2.24. The topological polar surface area (TPSA) is 87.7 Å². The number of rotatable bonds is 6. The number of amidine groups is 1. The first kappa shape index (κ1) is 15.4. The van der Waals surface area contributed by atoms with E-state index in [4.69, 9.17) is 10.9 Å². The molecule has 0 heterocycles. The third kappa shape index (κ3) is 5.25. The van der Waals surface area contributed by atoms with Crippen LogP contribution in [0.4, 0.5) is 4.39 Å². The first-order chi connectivity index (χ1) is 9.04. The predicted octanol–water partition coefficient (Wildman–Crippen LogP) is 2.23. The van der Waals surface area contributed by atoms with Crippen LogP contribution in [0.25, 0.3) is 0 Å². The van der Waals surface area contributed by atoms with Crippen molar-refractivity contribution in [2.24, 2.45) is 10.9 Å². The summed E-state index contributed by atoms with van der Waals surface area (Å²) >= 11 is 3.02. The van der Waals surface area contributed by atoms with Crippen molar-refractivity contribution >= 4 is 27.7 Å². The highest BCUT2D eigenvalue weighted by molar-refractivity contribution is 9.10. The van der Waals surface area contributed by atoms with E-state index in [0.717, 1.165) is 0 Å². The first-order valence-corrected chi connectivity index (χ1v) is 6.53. The number of carbonyl (C=O) groups excluding carboxylic acids is 1. The van der Waals surface area contributed by atoms with Crippen LogP contribution in [-0.4, -0.2) is 23.5 Å². The molecule has 1 aromatic carbocycles. The summed E-state index contributed by atoms with van der Waals surface area (Å²) in [6.45, 7) is 0.454. The average molecular weight is 332 g/mol. The Morgan fingerprint density at radius 2 is 2.21 bits per heavy atom. The Morgan fingerprint density at radius 3 is 2.84 bits per heavy atom. The van der Waals surface area contributed by atoms with Gasteiger partial charge >= 0.3 is 0 Å². The molecule has 0 saturated heterocycles. The third-order valence-corrected chi connectivity index (χ3v) is 3.10. The number of nitrogens with zero attached hydrogens (tertiary/aromatic N) is 1. The number of amides is 1. The second-order valence-corrected chi connectivity index (χ2v) is 4.79. The molecule has 5 nitrogen and oxygen atoms in total. The maximum absolute atomic E-state index is 13.2. The van der Waals surface area contributed by atoms with E-state index in [2.05, 4.69) is 26.4 Å². The number of unbranched alkanes of at least 4 members (excludes halogenated alkanes) is 1. The summed E-state index contributed by atoms with van der Waals surface area (Å²) in [6.07, 6.45) is 1.87. The van der Waals surface area contributed by atoms with Gasteiger partial charge in [-0.1, -0.05) is 5.16 Å². The van der Waals surface area contributed by atoms with Gasteiger partial charge in [-0.15, -0.1) is 0 Å². The summed E-state index contributed by atoms with van der Waals surface area (Å²) < 4.78 is 13.6. The van der Waals surface area contributed by atoms with Gasteiger partial charge in [0.2, 0.25) is 0 Å². The summed E-state index contributed by atoms with van der Waals surface area (Å²) in [6, 6.07) is 4.21. The Labute approximate surface area is 118 Å². The molecule has 0 spiro atoms. The van der Waals surface area contributed by atoms with E-state index in [9.17, 15) is 9.18 Å². The van der Waals surface area contributed by atoms with Crippen LogP contribution in [0.3, 0.4) is 0 Å². The van der Waals surface area contributed by atoms with Crippen molar-refractivity contribution in [2.45, 2.75) is 19.3 Å². The highest BCUT2D eigenvalue weighted by Gasteiger charge is 2.07. The Morgan fingerprint density at radius 1 is 1.47 bits per heavy atom. The van der Waals surface area contributed by atoms with Gasteiger partial charge in [0, 0.05) is 18.5 Å². The predicted molar refractivity (Wildman–Crippen MR) is 73.7 cm³/mol. The number of carbonyl (C=O) groups is 1. The van der Waals surface area contributed by atoms with Crippen LogP contribution in [0.5, 0.6) is 0 Å².